The van der Waals surface area contributed by atoms with E-state index in [9.17, 15) is 0 Å². The predicted octanol–water partition coefficient (Wildman–Crippen LogP) is 3.06. The standard InChI is InChI=1S/C17H32N4/c1-6-14(4)17-12-20(15(5)7-9-18-17)11-16-8-10-21(19-16)13(2)3/h8,10,13-15,17-18H,6-7,9,11-12H2,1-5H3. The highest BCUT2D eigenvalue weighted by molar-refractivity contribution is 5.00. The normalized spacial score (nSPS) is 26.0. The maximum absolute atomic E-state index is 4.71. The molecule has 0 spiro atoms. The molecule has 4 nitrogen and oxygen atoms in total. The summed E-state index contributed by atoms with van der Waals surface area (Å²) in [5.41, 5.74) is 1.19. The highest BCUT2D eigenvalue weighted by Crippen LogP contribution is 2.18. The fourth-order valence-electron chi connectivity index (χ4n) is 3.00. The first-order valence-corrected chi connectivity index (χ1v) is 8.52. The number of aromatic nitrogens is 2. The first kappa shape index (κ1) is 16.5. The Morgan fingerprint density at radius 2 is 2.14 bits per heavy atom. The van der Waals surface area contributed by atoms with Crippen molar-refractivity contribution in [2.45, 2.75) is 72.1 Å². The van der Waals surface area contributed by atoms with E-state index in [0.29, 0.717) is 18.1 Å². The van der Waals surface area contributed by atoms with Crippen molar-refractivity contribution in [1.82, 2.24) is 20.0 Å². The zero-order valence-corrected chi connectivity index (χ0v) is 14.3. The molecular formula is C17H32N4. The molecule has 1 aliphatic rings. The van der Waals surface area contributed by atoms with E-state index in [1.807, 2.05) is 0 Å². The summed E-state index contributed by atoms with van der Waals surface area (Å²) >= 11 is 0. The van der Waals surface area contributed by atoms with E-state index in [1.165, 1.54) is 18.5 Å². The lowest BCUT2D eigenvalue weighted by Gasteiger charge is -2.30. The van der Waals surface area contributed by atoms with Crippen molar-refractivity contribution in [2.24, 2.45) is 5.92 Å². The molecule has 1 fully saturated rings. The van der Waals surface area contributed by atoms with Gasteiger partial charge in [0.25, 0.3) is 0 Å². The van der Waals surface area contributed by atoms with Crippen LogP contribution in [0.4, 0.5) is 0 Å². The molecule has 4 heteroatoms. The Hall–Kier alpha value is -0.870. The van der Waals surface area contributed by atoms with Crippen LogP contribution in [0.3, 0.4) is 0 Å². The molecule has 1 aromatic rings. The largest absolute Gasteiger partial charge is 0.312 e. The zero-order chi connectivity index (χ0) is 15.4. The lowest BCUT2D eigenvalue weighted by atomic mass is 9.99. The van der Waals surface area contributed by atoms with Gasteiger partial charge in [-0.15, -0.1) is 0 Å². The molecule has 0 saturated carbocycles. The Balaban J connectivity index is 2.03. The first-order chi connectivity index (χ1) is 10.0. The van der Waals surface area contributed by atoms with Gasteiger partial charge in [-0.25, -0.2) is 0 Å². The molecule has 1 N–H and O–H groups in total. The van der Waals surface area contributed by atoms with Crippen LogP contribution in [-0.4, -0.2) is 39.9 Å². The van der Waals surface area contributed by atoms with Crippen molar-refractivity contribution in [3.05, 3.63) is 18.0 Å². The molecule has 0 aliphatic carbocycles. The van der Waals surface area contributed by atoms with Crippen LogP contribution in [0.5, 0.6) is 0 Å². The van der Waals surface area contributed by atoms with E-state index in [1.54, 1.807) is 0 Å². The van der Waals surface area contributed by atoms with Crippen molar-refractivity contribution >= 4 is 0 Å². The van der Waals surface area contributed by atoms with Gasteiger partial charge in [0.2, 0.25) is 0 Å². The molecule has 21 heavy (non-hydrogen) atoms. The first-order valence-electron chi connectivity index (χ1n) is 8.52. The summed E-state index contributed by atoms with van der Waals surface area (Å²) in [6.07, 6.45) is 4.56. The molecule has 2 heterocycles. The van der Waals surface area contributed by atoms with Gasteiger partial charge in [0.1, 0.15) is 0 Å². The molecule has 0 radical (unpaired) electrons. The number of nitrogens with one attached hydrogen (secondary N) is 1. The smallest absolute Gasteiger partial charge is 0.0765 e. The van der Waals surface area contributed by atoms with E-state index in [2.05, 4.69) is 61.8 Å². The molecule has 3 atom stereocenters. The van der Waals surface area contributed by atoms with Crippen LogP contribution in [0.1, 0.15) is 59.2 Å². The van der Waals surface area contributed by atoms with E-state index < -0.39 is 0 Å². The molecule has 3 unspecified atom stereocenters. The third-order valence-corrected chi connectivity index (χ3v) is 4.91. The van der Waals surface area contributed by atoms with Crippen LogP contribution >= 0.6 is 0 Å². The molecule has 120 valence electrons. The summed E-state index contributed by atoms with van der Waals surface area (Å²) < 4.78 is 2.06. The van der Waals surface area contributed by atoms with Crippen LogP contribution < -0.4 is 5.32 Å². The minimum Gasteiger partial charge on any atom is -0.312 e. The van der Waals surface area contributed by atoms with Crippen molar-refractivity contribution < 1.29 is 0 Å². The monoisotopic (exact) mass is 292 g/mol. The molecule has 0 amide bonds. The number of rotatable bonds is 5. The molecular weight excluding hydrogens is 260 g/mol. The fourth-order valence-corrected chi connectivity index (χ4v) is 3.00. The van der Waals surface area contributed by atoms with Gasteiger partial charge in [-0.1, -0.05) is 20.3 Å². The van der Waals surface area contributed by atoms with Crippen molar-refractivity contribution in [2.75, 3.05) is 13.1 Å². The van der Waals surface area contributed by atoms with Gasteiger partial charge in [0.15, 0.2) is 0 Å². The van der Waals surface area contributed by atoms with E-state index in [-0.39, 0.29) is 0 Å². The van der Waals surface area contributed by atoms with Crippen molar-refractivity contribution in [3.8, 4) is 0 Å². The maximum atomic E-state index is 4.71. The predicted molar refractivity (Wildman–Crippen MR) is 88.3 cm³/mol. The molecule has 1 aliphatic heterocycles. The Morgan fingerprint density at radius 3 is 2.76 bits per heavy atom. The third-order valence-electron chi connectivity index (χ3n) is 4.91. The zero-order valence-electron chi connectivity index (χ0n) is 14.3. The molecule has 0 aromatic carbocycles. The summed E-state index contributed by atoms with van der Waals surface area (Å²) in [6.45, 7) is 14.6. The second-order valence-electron chi connectivity index (χ2n) is 6.89. The number of hydrogen-bond donors (Lipinski definition) is 1. The Morgan fingerprint density at radius 1 is 1.38 bits per heavy atom. The second-order valence-corrected chi connectivity index (χ2v) is 6.89. The summed E-state index contributed by atoms with van der Waals surface area (Å²) in [5.74, 6) is 0.728. The lowest BCUT2D eigenvalue weighted by Crippen LogP contribution is -2.43. The van der Waals surface area contributed by atoms with Crippen LogP contribution in [0.15, 0.2) is 12.3 Å². The Labute approximate surface area is 129 Å². The molecule has 1 saturated heterocycles. The lowest BCUT2D eigenvalue weighted by molar-refractivity contribution is 0.177. The van der Waals surface area contributed by atoms with Crippen molar-refractivity contribution in [1.29, 1.82) is 0 Å². The Bertz CT molecular complexity index is 426. The number of hydrogen-bond acceptors (Lipinski definition) is 3. The second kappa shape index (κ2) is 7.41. The van der Waals surface area contributed by atoms with Crippen LogP contribution in [0.25, 0.3) is 0 Å². The SMILES string of the molecule is CCC(C)C1CN(Cc2ccn(C(C)C)n2)C(C)CCN1. The highest BCUT2D eigenvalue weighted by Gasteiger charge is 2.26. The quantitative estimate of drug-likeness (QED) is 0.905. The van der Waals surface area contributed by atoms with Gasteiger partial charge >= 0.3 is 0 Å². The highest BCUT2D eigenvalue weighted by atomic mass is 15.3. The van der Waals surface area contributed by atoms with E-state index in [4.69, 9.17) is 5.10 Å². The summed E-state index contributed by atoms with van der Waals surface area (Å²) in [5, 5.41) is 8.45. The topological polar surface area (TPSA) is 33.1 Å². The van der Waals surface area contributed by atoms with Crippen molar-refractivity contribution in [3.63, 3.8) is 0 Å². The van der Waals surface area contributed by atoms with Crippen LogP contribution in [-0.2, 0) is 6.54 Å². The third kappa shape index (κ3) is 4.30. The van der Waals surface area contributed by atoms with Gasteiger partial charge in [-0.05, 0) is 45.7 Å². The molecule has 0 bridgehead atoms. The summed E-state index contributed by atoms with van der Waals surface area (Å²) in [4.78, 5) is 2.60. The maximum Gasteiger partial charge on any atom is 0.0765 e. The minimum absolute atomic E-state index is 0.440. The molecule has 1 aromatic heterocycles. The molecule has 2 rings (SSSR count). The van der Waals surface area contributed by atoms with Gasteiger partial charge in [-0.2, -0.15) is 5.10 Å². The fraction of sp³-hybridized carbons (Fsp3) is 0.824. The van der Waals surface area contributed by atoms with Gasteiger partial charge < -0.3 is 5.32 Å². The van der Waals surface area contributed by atoms with Crippen LogP contribution in [0.2, 0.25) is 0 Å². The average Bonchev–Trinajstić information content (AvgIpc) is 2.85. The average molecular weight is 292 g/mol. The summed E-state index contributed by atoms with van der Waals surface area (Å²) in [7, 11) is 0. The van der Waals surface area contributed by atoms with Gasteiger partial charge in [-0.3, -0.25) is 9.58 Å². The Kier molecular flexibility index (Phi) is 5.82. The van der Waals surface area contributed by atoms with Gasteiger partial charge in [0.05, 0.1) is 5.69 Å². The van der Waals surface area contributed by atoms with Gasteiger partial charge in [0, 0.05) is 37.4 Å². The number of nitrogens with zero attached hydrogens (tertiary/aromatic N) is 3. The van der Waals surface area contributed by atoms with Crippen LogP contribution in [0, 0.1) is 5.92 Å². The summed E-state index contributed by atoms with van der Waals surface area (Å²) in [6, 6.07) is 3.83. The van der Waals surface area contributed by atoms with E-state index >= 15 is 0 Å². The van der Waals surface area contributed by atoms with E-state index in [0.717, 1.165) is 25.6 Å². The minimum atomic E-state index is 0.440.